The summed E-state index contributed by atoms with van der Waals surface area (Å²) in [7, 11) is 1.71. The fourth-order valence-corrected chi connectivity index (χ4v) is 2.38. The summed E-state index contributed by atoms with van der Waals surface area (Å²) in [6.07, 6.45) is 4.24. The van der Waals surface area contributed by atoms with Gasteiger partial charge in [-0.1, -0.05) is 6.08 Å². The average molecular weight is 276 g/mol. The molecule has 0 bridgehead atoms. The van der Waals surface area contributed by atoms with E-state index in [1.807, 2.05) is 0 Å². The van der Waals surface area contributed by atoms with Crippen LogP contribution in [0.5, 0.6) is 0 Å². The Labute approximate surface area is 97.1 Å². The van der Waals surface area contributed by atoms with Gasteiger partial charge in [0.1, 0.15) is 0 Å². The van der Waals surface area contributed by atoms with Crippen LogP contribution in [0.4, 0.5) is 0 Å². The van der Waals surface area contributed by atoms with Gasteiger partial charge in [-0.3, -0.25) is 0 Å². The van der Waals surface area contributed by atoms with Crippen molar-refractivity contribution >= 4 is 33.3 Å². The fraction of sp³-hybridized carbons (Fsp3) is 0.400. The normalized spacial score (nSPS) is 11.3. The predicted octanol–water partition coefficient (Wildman–Crippen LogP) is 2.76. The lowest BCUT2D eigenvalue weighted by atomic mass is 10.4. The van der Waals surface area contributed by atoms with Crippen LogP contribution in [-0.2, 0) is 4.74 Å². The van der Waals surface area contributed by atoms with Crippen molar-refractivity contribution in [3.63, 3.8) is 0 Å². The fourth-order valence-electron chi connectivity index (χ4n) is 0.950. The van der Waals surface area contributed by atoms with Crippen molar-refractivity contribution in [1.29, 1.82) is 0 Å². The van der Waals surface area contributed by atoms with Gasteiger partial charge >= 0.3 is 0 Å². The number of methoxy groups -OCH3 is 1. The van der Waals surface area contributed by atoms with E-state index >= 15 is 0 Å². The molecule has 1 rings (SSSR count). The third kappa shape index (κ3) is 4.37. The maximum Gasteiger partial charge on any atom is 0.0587 e. The molecule has 2 nitrogen and oxygen atoms in total. The van der Waals surface area contributed by atoms with E-state index in [1.165, 1.54) is 4.88 Å². The molecule has 0 aliphatic rings. The Bertz CT molecular complexity index is 285. The number of hydrogen-bond donors (Lipinski definition) is 1. The van der Waals surface area contributed by atoms with E-state index in [2.05, 4.69) is 44.8 Å². The molecule has 0 saturated heterocycles. The van der Waals surface area contributed by atoms with Gasteiger partial charge < -0.3 is 10.1 Å². The van der Waals surface area contributed by atoms with Crippen molar-refractivity contribution in [3.8, 4) is 0 Å². The van der Waals surface area contributed by atoms with Crippen molar-refractivity contribution < 1.29 is 4.74 Å². The Hall–Kier alpha value is -0.160. The maximum atomic E-state index is 4.92. The van der Waals surface area contributed by atoms with Gasteiger partial charge in [-0.15, -0.1) is 11.3 Å². The molecule has 78 valence electrons. The third-order valence-electron chi connectivity index (χ3n) is 1.66. The van der Waals surface area contributed by atoms with Crippen LogP contribution in [0.15, 0.2) is 22.0 Å². The molecule has 1 heterocycles. The summed E-state index contributed by atoms with van der Waals surface area (Å²) in [6, 6.07) is 2.06. The maximum absolute atomic E-state index is 4.92. The molecule has 0 saturated carbocycles. The molecule has 14 heavy (non-hydrogen) atoms. The molecule has 0 aromatic carbocycles. The van der Waals surface area contributed by atoms with Gasteiger partial charge in [0, 0.05) is 29.5 Å². The largest absolute Gasteiger partial charge is 0.383 e. The number of nitrogens with one attached hydrogen (secondary N) is 1. The standard InChI is InChI=1S/C10H14BrNOS/c1-13-7-6-12-5-2-3-10-9(11)4-8-14-10/h2-4,8,12H,5-7H2,1H3/b3-2+. The zero-order valence-electron chi connectivity index (χ0n) is 8.13. The zero-order chi connectivity index (χ0) is 10.2. The van der Waals surface area contributed by atoms with E-state index in [0.29, 0.717) is 0 Å². The highest BCUT2D eigenvalue weighted by Gasteiger charge is 1.94. The Morgan fingerprint density at radius 2 is 2.50 bits per heavy atom. The Morgan fingerprint density at radius 1 is 1.64 bits per heavy atom. The average Bonchev–Trinajstić information content (AvgIpc) is 2.58. The number of thiophene rings is 1. The van der Waals surface area contributed by atoms with Gasteiger partial charge in [-0.05, 0) is 33.5 Å². The SMILES string of the molecule is COCCNC/C=C/c1sccc1Br. The summed E-state index contributed by atoms with van der Waals surface area (Å²) < 4.78 is 6.08. The molecule has 1 N–H and O–H groups in total. The van der Waals surface area contributed by atoms with E-state index in [9.17, 15) is 0 Å². The predicted molar refractivity (Wildman–Crippen MR) is 65.8 cm³/mol. The van der Waals surface area contributed by atoms with E-state index in [0.717, 1.165) is 24.2 Å². The molecule has 0 radical (unpaired) electrons. The summed E-state index contributed by atoms with van der Waals surface area (Å²) in [5.41, 5.74) is 0. The summed E-state index contributed by atoms with van der Waals surface area (Å²) in [5.74, 6) is 0. The zero-order valence-corrected chi connectivity index (χ0v) is 10.5. The summed E-state index contributed by atoms with van der Waals surface area (Å²) in [4.78, 5) is 1.26. The minimum absolute atomic E-state index is 0.760. The van der Waals surface area contributed by atoms with Crippen LogP contribution in [0.1, 0.15) is 4.88 Å². The highest BCUT2D eigenvalue weighted by molar-refractivity contribution is 9.10. The first-order valence-electron chi connectivity index (χ1n) is 4.44. The van der Waals surface area contributed by atoms with Gasteiger partial charge in [0.05, 0.1) is 6.61 Å². The van der Waals surface area contributed by atoms with Crippen molar-refractivity contribution in [2.75, 3.05) is 26.8 Å². The molecule has 4 heteroatoms. The third-order valence-corrected chi connectivity index (χ3v) is 3.50. The van der Waals surface area contributed by atoms with Crippen LogP contribution < -0.4 is 5.32 Å². The molecule has 0 aliphatic carbocycles. The molecule has 1 aromatic rings. The van der Waals surface area contributed by atoms with E-state index in [4.69, 9.17) is 4.74 Å². The molecular weight excluding hydrogens is 262 g/mol. The van der Waals surface area contributed by atoms with E-state index < -0.39 is 0 Å². The molecule has 1 aromatic heterocycles. The first kappa shape index (κ1) is 11.9. The number of ether oxygens (including phenoxy) is 1. The molecule has 0 unspecified atom stereocenters. The quantitative estimate of drug-likeness (QED) is 0.807. The molecule has 0 spiro atoms. The Balaban J connectivity index is 2.18. The van der Waals surface area contributed by atoms with Crippen LogP contribution in [0, 0.1) is 0 Å². The highest BCUT2D eigenvalue weighted by Crippen LogP contribution is 2.23. The van der Waals surface area contributed by atoms with Crippen molar-refractivity contribution in [1.82, 2.24) is 5.32 Å². The lowest BCUT2D eigenvalue weighted by molar-refractivity contribution is 0.200. The van der Waals surface area contributed by atoms with E-state index in [-0.39, 0.29) is 0 Å². The van der Waals surface area contributed by atoms with Gasteiger partial charge in [0.15, 0.2) is 0 Å². The summed E-state index contributed by atoms with van der Waals surface area (Å²) >= 11 is 5.21. The summed E-state index contributed by atoms with van der Waals surface area (Å²) in [6.45, 7) is 2.54. The van der Waals surface area contributed by atoms with Crippen molar-refractivity contribution in [2.24, 2.45) is 0 Å². The Morgan fingerprint density at radius 3 is 3.14 bits per heavy atom. The van der Waals surface area contributed by atoms with Crippen LogP contribution >= 0.6 is 27.3 Å². The molecule has 0 fully saturated rings. The first-order chi connectivity index (χ1) is 6.84. The molecule has 0 amide bonds. The first-order valence-corrected chi connectivity index (χ1v) is 6.11. The lowest BCUT2D eigenvalue weighted by Crippen LogP contribution is -2.18. The van der Waals surface area contributed by atoms with Crippen LogP contribution in [0.2, 0.25) is 0 Å². The van der Waals surface area contributed by atoms with Gasteiger partial charge in [-0.2, -0.15) is 0 Å². The molecule has 0 atom stereocenters. The van der Waals surface area contributed by atoms with E-state index in [1.54, 1.807) is 18.4 Å². The second-order valence-corrected chi connectivity index (χ2v) is 4.53. The van der Waals surface area contributed by atoms with Crippen LogP contribution in [-0.4, -0.2) is 26.8 Å². The van der Waals surface area contributed by atoms with Crippen LogP contribution in [0.3, 0.4) is 0 Å². The topological polar surface area (TPSA) is 21.3 Å². The van der Waals surface area contributed by atoms with Crippen LogP contribution in [0.25, 0.3) is 6.08 Å². The smallest absolute Gasteiger partial charge is 0.0587 e. The molecular formula is C10H14BrNOS. The van der Waals surface area contributed by atoms with Gasteiger partial charge in [-0.25, -0.2) is 0 Å². The number of halogens is 1. The Kier molecular flexibility index (Phi) is 6.10. The second kappa shape index (κ2) is 7.17. The highest BCUT2D eigenvalue weighted by atomic mass is 79.9. The summed E-state index contributed by atoms with van der Waals surface area (Å²) in [5, 5.41) is 5.32. The number of hydrogen-bond acceptors (Lipinski definition) is 3. The van der Waals surface area contributed by atoms with Gasteiger partial charge in [0.2, 0.25) is 0 Å². The van der Waals surface area contributed by atoms with Gasteiger partial charge in [0.25, 0.3) is 0 Å². The minimum atomic E-state index is 0.760. The lowest BCUT2D eigenvalue weighted by Gasteiger charge is -1.98. The van der Waals surface area contributed by atoms with Crippen molar-refractivity contribution in [3.05, 3.63) is 26.9 Å². The monoisotopic (exact) mass is 275 g/mol. The molecule has 0 aliphatic heterocycles. The van der Waals surface area contributed by atoms with Crippen molar-refractivity contribution in [2.45, 2.75) is 0 Å². The minimum Gasteiger partial charge on any atom is -0.383 e. The second-order valence-electron chi connectivity index (χ2n) is 2.73. The number of rotatable bonds is 6.